The second kappa shape index (κ2) is 8.46. The van der Waals surface area contributed by atoms with E-state index in [0.717, 1.165) is 24.2 Å². The lowest BCUT2D eigenvalue weighted by atomic mass is 10.1. The predicted molar refractivity (Wildman–Crippen MR) is 93.9 cm³/mol. The molecule has 0 saturated carbocycles. The van der Waals surface area contributed by atoms with Gasteiger partial charge in [-0.2, -0.15) is 0 Å². The van der Waals surface area contributed by atoms with Crippen molar-refractivity contribution in [3.8, 4) is 0 Å². The summed E-state index contributed by atoms with van der Waals surface area (Å²) < 4.78 is 0. The highest BCUT2D eigenvalue weighted by molar-refractivity contribution is 5.82. The zero-order valence-corrected chi connectivity index (χ0v) is 13.8. The van der Waals surface area contributed by atoms with E-state index in [4.69, 9.17) is 5.73 Å². The van der Waals surface area contributed by atoms with Gasteiger partial charge < -0.3 is 16.0 Å². The third kappa shape index (κ3) is 5.51. The van der Waals surface area contributed by atoms with Crippen LogP contribution in [0.5, 0.6) is 0 Å². The van der Waals surface area contributed by atoms with Crippen molar-refractivity contribution in [1.29, 1.82) is 0 Å². The zero-order chi connectivity index (χ0) is 16.7. The molecule has 0 fully saturated rings. The average Bonchev–Trinajstić information content (AvgIpc) is 2.55. The van der Waals surface area contributed by atoms with Crippen molar-refractivity contribution in [2.75, 3.05) is 20.1 Å². The molecule has 23 heavy (non-hydrogen) atoms. The monoisotopic (exact) mass is 311 g/mol. The lowest BCUT2D eigenvalue weighted by molar-refractivity contribution is -0.122. The van der Waals surface area contributed by atoms with E-state index in [-0.39, 0.29) is 5.91 Å². The minimum absolute atomic E-state index is 0.137. The highest BCUT2D eigenvalue weighted by Crippen LogP contribution is 2.11. The number of amides is 1. The molecule has 1 atom stereocenters. The Morgan fingerprint density at radius 3 is 2.43 bits per heavy atom. The van der Waals surface area contributed by atoms with Crippen molar-refractivity contribution in [3.05, 3.63) is 71.3 Å². The Morgan fingerprint density at radius 2 is 1.78 bits per heavy atom. The molecule has 0 radical (unpaired) electrons. The molecule has 0 saturated heterocycles. The summed E-state index contributed by atoms with van der Waals surface area (Å²) in [4.78, 5) is 14.3. The van der Waals surface area contributed by atoms with E-state index in [1.807, 2.05) is 56.4 Å². The van der Waals surface area contributed by atoms with E-state index in [9.17, 15) is 4.79 Å². The second-order valence-corrected chi connectivity index (χ2v) is 5.90. The van der Waals surface area contributed by atoms with Crippen LogP contribution in [0.1, 0.15) is 22.7 Å². The van der Waals surface area contributed by atoms with Crippen molar-refractivity contribution in [1.82, 2.24) is 10.2 Å². The Bertz CT molecular complexity index is 610. The molecule has 0 aliphatic carbocycles. The summed E-state index contributed by atoms with van der Waals surface area (Å²) >= 11 is 0. The molecule has 2 rings (SSSR count). The van der Waals surface area contributed by atoms with Crippen LogP contribution in [-0.2, 0) is 11.3 Å². The zero-order valence-electron chi connectivity index (χ0n) is 13.8. The molecule has 0 aliphatic heterocycles. The molecule has 2 aromatic rings. The third-order valence-corrected chi connectivity index (χ3v) is 3.81. The largest absolute Gasteiger partial charge is 0.353 e. The molecule has 0 bridgehead atoms. The number of likely N-dealkylation sites (N-methyl/N-ethyl adjacent to an activating group) is 1. The van der Waals surface area contributed by atoms with Crippen molar-refractivity contribution < 1.29 is 4.79 Å². The average molecular weight is 311 g/mol. The summed E-state index contributed by atoms with van der Waals surface area (Å²) in [5.74, 6) is -0.137. The van der Waals surface area contributed by atoms with E-state index >= 15 is 0 Å². The highest BCUT2D eigenvalue weighted by atomic mass is 16.2. The number of nitrogens with one attached hydrogen (secondary N) is 1. The molecular formula is C19H25N3O. The first-order valence-corrected chi connectivity index (χ1v) is 7.88. The van der Waals surface area contributed by atoms with Gasteiger partial charge in [0.15, 0.2) is 0 Å². The van der Waals surface area contributed by atoms with Crippen LogP contribution in [-0.4, -0.2) is 30.9 Å². The first-order valence-electron chi connectivity index (χ1n) is 7.88. The number of nitrogens with two attached hydrogens (primary N) is 1. The second-order valence-electron chi connectivity index (χ2n) is 5.90. The SMILES string of the molecule is Cc1ccc(C(N)C(=O)NCCN(C)Cc2ccccc2)cc1. The summed E-state index contributed by atoms with van der Waals surface area (Å²) in [7, 11) is 2.04. The normalized spacial score (nSPS) is 12.2. The Balaban J connectivity index is 1.74. The van der Waals surface area contributed by atoms with E-state index in [0.29, 0.717) is 6.54 Å². The van der Waals surface area contributed by atoms with E-state index in [1.54, 1.807) is 0 Å². The minimum atomic E-state index is -0.616. The number of aryl methyl sites for hydroxylation is 1. The Hall–Kier alpha value is -2.17. The van der Waals surface area contributed by atoms with Gasteiger partial charge in [0.25, 0.3) is 0 Å². The molecule has 0 spiro atoms. The molecule has 0 heterocycles. The van der Waals surface area contributed by atoms with Crippen LogP contribution in [0.2, 0.25) is 0 Å². The fourth-order valence-electron chi connectivity index (χ4n) is 2.38. The van der Waals surface area contributed by atoms with Crippen LogP contribution < -0.4 is 11.1 Å². The fraction of sp³-hybridized carbons (Fsp3) is 0.316. The topological polar surface area (TPSA) is 58.4 Å². The summed E-state index contributed by atoms with van der Waals surface area (Å²) in [6, 6.07) is 17.4. The third-order valence-electron chi connectivity index (χ3n) is 3.81. The van der Waals surface area contributed by atoms with Crippen LogP contribution >= 0.6 is 0 Å². The van der Waals surface area contributed by atoms with Crippen molar-refractivity contribution in [2.24, 2.45) is 5.73 Å². The van der Waals surface area contributed by atoms with Gasteiger partial charge in [0.05, 0.1) is 0 Å². The van der Waals surface area contributed by atoms with Gasteiger partial charge in [-0.3, -0.25) is 4.79 Å². The number of nitrogens with zero attached hydrogens (tertiary/aromatic N) is 1. The van der Waals surface area contributed by atoms with Crippen molar-refractivity contribution >= 4 is 5.91 Å². The molecule has 3 N–H and O–H groups in total. The van der Waals surface area contributed by atoms with Crippen LogP contribution in [0.3, 0.4) is 0 Å². The van der Waals surface area contributed by atoms with Crippen LogP contribution in [0.15, 0.2) is 54.6 Å². The Morgan fingerprint density at radius 1 is 1.13 bits per heavy atom. The fourth-order valence-corrected chi connectivity index (χ4v) is 2.38. The van der Waals surface area contributed by atoms with Gasteiger partial charge in [0.1, 0.15) is 6.04 Å². The van der Waals surface area contributed by atoms with E-state index < -0.39 is 6.04 Å². The van der Waals surface area contributed by atoms with Gasteiger partial charge >= 0.3 is 0 Å². The smallest absolute Gasteiger partial charge is 0.241 e. The minimum Gasteiger partial charge on any atom is -0.353 e. The Labute approximate surface area is 138 Å². The summed E-state index contributed by atoms with van der Waals surface area (Å²) in [6.45, 7) is 4.24. The van der Waals surface area contributed by atoms with Gasteiger partial charge in [0, 0.05) is 19.6 Å². The van der Waals surface area contributed by atoms with Gasteiger partial charge in [-0.15, -0.1) is 0 Å². The van der Waals surface area contributed by atoms with Crippen LogP contribution in [0, 0.1) is 6.92 Å². The van der Waals surface area contributed by atoms with Gasteiger partial charge in [0.2, 0.25) is 5.91 Å². The molecule has 1 amide bonds. The number of hydrogen-bond acceptors (Lipinski definition) is 3. The summed E-state index contributed by atoms with van der Waals surface area (Å²) in [5.41, 5.74) is 9.26. The predicted octanol–water partition coefficient (Wildman–Crippen LogP) is 2.24. The van der Waals surface area contributed by atoms with E-state index in [1.165, 1.54) is 5.56 Å². The van der Waals surface area contributed by atoms with E-state index in [2.05, 4.69) is 22.3 Å². The molecule has 4 nitrogen and oxygen atoms in total. The maximum absolute atomic E-state index is 12.1. The van der Waals surface area contributed by atoms with Gasteiger partial charge in [-0.05, 0) is 25.1 Å². The molecule has 1 unspecified atom stereocenters. The number of hydrogen-bond donors (Lipinski definition) is 2. The standard InChI is InChI=1S/C19H25N3O/c1-15-8-10-17(11-9-15)18(20)19(23)21-12-13-22(2)14-16-6-4-3-5-7-16/h3-11,18H,12-14,20H2,1-2H3,(H,21,23). The molecule has 0 aliphatic rings. The lowest BCUT2D eigenvalue weighted by Crippen LogP contribution is -2.38. The molecular weight excluding hydrogens is 286 g/mol. The number of benzene rings is 2. The maximum Gasteiger partial charge on any atom is 0.241 e. The summed E-state index contributed by atoms with van der Waals surface area (Å²) in [6.07, 6.45) is 0. The first kappa shape index (κ1) is 17.2. The maximum atomic E-state index is 12.1. The first-order chi connectivity index (χ1) is 11.1. The highest BCUT2D eigenvalue weighted by Gasteiger charge is 2.15. The van der Waals surface area contributed by atoms with Gasteiger partial charge in [-0.1, -0.05) is 60.2 Å². The molecule has 0 aromatic heterocycles. The van der Waals surface area contributed by atoms with Crippen molar-refractivity contribution in [3.63, 3.8) is 0 Å². The quantitative estimate of drug-likeness (QED) is 0.824. The van der Waals surface area contributed by atoms with Crippen LogP contribution in [0.4, 0.5) is 0 Å². The van der Waals surface area contributed by atoms with Crippen molar-refractivity contribution in [2.45, 2.75) is 19.5 Å². The lowest BCUT2D eigenvalue weighted by Gasteiger charge is -2.18. The number of carbonyl (C=O) groups is 1. The summed E-state index contributed by atoms with van der Waals surface area (Å²) in [5, 5.41) is 2.91. The number of carbonyl (C=O) groups excluding carboxylic acids is 1. The van der Waals surface area contributed by atoms with Gasteiger partial charge in [-0.25, -0.2) is 0 Å². The van der Waals surface area contributed by atoms with Crippen LogP contribution in [0.25, 0.3) is 0 Å². The molecule has 4 heteroatoms. The number of rotatable bonds is 7. The Kier molecular flexibility index (Phi) is 6.32. The molecule has 2 aromatic carbocycles. The molecule has 122 valence electrons.